The van der Waals surface area contributed by atoms with E-state index in [-0.39, 0.29) is 6.03 Å². The third-order valence-corrected chi connectivity index (χ3v) is 3.91. The van der Waals surface area contributed by atoms with Gasteiger partial charge in [0.1, 0.15) is 5.54 Å². The number of nitrogens with one attached hydrogen (secondary N) is 1. The van der Waals surface area contributed by atoms with E-state index < -0.39 is 5.54 Å². The summed E-state index contributed by atoms with van der Waals surface area (Å²) in [6, 6.07) is 2.32. The highest BCUT2D eigenvalue weighted by Gasteiger charge is 2.34. The van der Waals surface area contributed by atoms with Crippen LogP contribution in [0.15, 0.2) is 0 Å². The molecule has 4 nitrogen and oxygen atoms in total. The van der Waals surface area contributed by atoms with Crippen molar-refractivity contribution in [1.82, 2.24) is 10.2 Å². The van der Waals surface area contributed by atoms with Gasteiger partial charge >= 0.3 is 6.03 Å². The van der Waals surface area contributed by atoms with Crippen molar-refractivity contribution in [3.05, 3.63) is 0 Å². The van der Waals surface area contributed by atoms with Gasteiger partial charge in [0.05, 0.1) is 6.07 Å². The van der Waals surface area contributed by atoms with Gasteiger partial charge in [-0.2, -0.15) is 5.26 Å². The molecule has 0 spiro atoms. The van der Waals surface area contributed by atoms with E-state index in [1.807, 2.05) is 4.90 Å². The van der Waals surface area contributed by atoms with E-state index in [0.717, 1.165) is 51.6 Å². The first-order chi connectivity index (χ1) is 8.26. The molecule has 2 aliphatic rings. The van der Waals surface area contributed by atoms with Crippen LogP contribution in [-0.4, -0.2) is 29.6 Å². The zero-order valence-electron chi connectivity index (χ0n) is 10.4. The highest BCUT2D eigenvalue weighted by molar-refractivity contribution is 5.75. The number of likely N-dealkylation sites (tertiary alicyclic amines) is 1. The predicted molar refractivity (Wildman–Crippen MR) is 65.4 cm³/mol. The van der Waals surface area contributed by atoms with Gasteiger partial charge in [0.2, 0.25) is 0 Å². The van der Waals surface area contributed by atoms with E-state index in [2.05, 4.69) is 11.4 Å². The third-order valence-electron chi connectivity index (χ3n) is 3.91. The summed E-state index contributed by atoms with van der Waals surface area (Å²) in [4.78, 5) is 13.9. The maximum absolute atomic E-state index is 12.1. The summed E-state index contributed by atoms with van der Waals surface area (Å²) < 4.78 is 0. The van der Waals surface area contributed by atoms with Crippen LogP contribution in [0.1, 0.15) is 51.4 Å². The molecule has 1 saturated carbocycles. The average molecular weight is 235 g/mol. The number of hydrogen-bond acceptors (Lipinski definition) is 2. The quantitative estimate of drug-likeness (QED) is 0.709. The van der Waals surface area contributed by atoms with Crippen LogP contribution in [0, 0.1) is 11.3 Å². The Kier molecular flexibility index (Phi) is 3.88. The van der Waals surface area contributed by atoms with Crippen LogP contribution < -0.4 is 5.32 Å². The minimum Gasteiger partial charge on any atom is -0.325 e. The van der Waals surface area contributed by atoms with Crippen molar-refractivity contribution in [2.45, 2.75) is 56.9 Å². The summed E-state index contributed by atoms with van der Waals surface area (Å²) >= 11 is 0. The Bertz CT molecular complexity index is 307. The van der Waals surface area contributed by atoms with Gasteiger partial charge in [0, 0.05) is 13.1 Å². The second-order valence-corrected chi connectivity index (χ2v) is 5.23. The van der Waals surface area contributed by atoms with E-state index in [4.69, 9.17) is 0 Å². The highest BCUT2D eigenvalue weighted by Crippen LogP contribution is 2.27. The number of nitriles is 1. The SMILES string of the molecule is N#CC1(NC(=O)N2CCCC2)CCCCCC1. The van der Waals surface area contributed by atoms with Crippen LogP contribution >= 0.6 is 0 Å². The van der Waals surface area contributed by atoms with Gasteiger partial charge in [-0.05, 0) is 25.7 Å². The predicted octanol–water partition coefficient (Wildman–Crippen LogP) is 2.41. The van der Waals surface area contributed by atoms with Crippen molar-refractivity contribution in [2.75, 3.05) is 13.1 Å². The topological polar surface area (TPSA) is 56.1 Å². The van der Waals surface area contributed by atoms with Crippen molar-refractivity contribution >= 4 is 6.03 Å². The number of hydrogen-bond donors (Lipinski definition) is 1. The molecule has 0 unspecified atom stereocenters. The molecule has 17 heavy (non-hydrogen) atoms. The fourth-order valence-corrected chi connectivity index (χ4v) is 2.80. The van der Waals surface area contributed by atoms with Gasteiger partial charge in [-0.1, -0.05) is 25.7 Å². The molecule has 1 heterocycles. The summed E-state index contributed by atoms with van der Waals surface area (Å²) in [5, 5.41) is 12.4. The molecule has 1 N–H and O–H groups in total. The van der Waals surface area contributed by atoms with Crippen molar-refractivity contribution in [2.24, 2.45) is 0 Å². The fourth-order valence-electron chi connectivity index (χ4n) is 2.80. The molecule has 2 rings (SSSR count). The van der Waals surface area contributed by atoms with Gasteiger partial charge in [-0.25, -0.2) is 4.79 Å². The lowest BCUT2D eigenvalue weighted by molar-refractivity contribution is 0.196. The van der Waals surface area contributed by atoms with E-state index in [9.17, 15) is 10.1 Å². The lowest BCUT2D eigenvalue weighted by atomic mass is 9.92. The molecule has 1 aliphatic heterocycles. The van der Waals surface area contributed by atoms with Gasteiger partial charge < -0.3 is 10.2 Å². The maximum atomic E-state index is 12.1. The lowest BCUT2D eigenvalue weighted by Crippen LogP contribution is -2.51. The first-order valence-electron chi connectivity index (χ1n) is 6.74. The monoisotopic (exact) mass is 235 g/mol. The number of carbonyl (C=O) groups is 1. The van der Waals surface area contributed by atoms with Crippen LogP contribution in [0.4, 0.5) is 4.79 Å². The standard InChI is InChI=1S/C13H21N3O/c14-11-13(7-3-1-2-4-8-13)15-12(17)16-9-5-6-10-16/h1-10H2,(H,15,17). The van der Waals surface area contributed by atoms with E-state index >= 15 is 0 Å². The average Bonchev–Trinajstić information content (AvgIpc) is 2.78. The van der Waals surface area contributed by atoms with E-state index in [0.29, 0.717) is 0 Å². The van der Waals surface area contributed by atoms with Gasteiger partial charge in [0.15, 0.2) is 0 Å². The van der Waals surface area contributed by atoms with Crippen molar-refractivity contribution in [3.63, 3.8) is 0 Å². The zero-order valence-corrected chi connectivity index (χ0v) is 10.4. The Balaban J connectivity index is 1.97. The first kappa shape index (κ1) is 12.2. The van der Waals surface area contributed by atoms with Crippen molar-refractivity contribution in [1.29, 1.82) is 5.26 Å². The molecule has 4 heteroatoms. The third kappa shape index (κ3) is 2.91. The molecule has 94 valence electrons. The summed E-state index contributed by atoms with van der Waals surface area (Å²) in [5.41, 5.74) is -0.601. The molecule has 2 fully saturated rings. The summed E-state index contributed by atoms with van der Waals surface area (Å²) in [6.07, 6.45) is 8.26. The molecule has 0 atom stereocenters. The molecule has 1 saturated heterocycles. The molecule has 0 aromatic heterocycles. The maximum Gasteiger partial charge on any atom is 0.318 e. The molecule has 0 aromatic carbocycles. The van der Waals surface area contributed by atoms with Gasteiger partial charge in [-0.15, -0.1) is 0 Å². The smallest absolute Gasteiger partial charge is 0.318 e. The number of rotatable bonds is 1. The number of nitrogens with zero attached hydrogens (tertiary/aromatic N) is 2. The summed E-state index contributed by atoms with van der Waals surface area (Å²) in [7, 11) is 0. The Hall–Kier alpha value is -1.24. The molecular formula is C13H21N3O. The molecule has 0 radical (unpaired) electrons. The minimum absolute atomic E-state index is 0.0362. The number of urea groups is 1. The van der Waals surface area contributed by atoms with Crippen LogP contribution in [-0.2, 0) is 0 Å². The van der Waals surface area contributed by atoms with Crippen LogP contribution in [0.25, 0.3) is 0 Å². The molecule has 0 bridgehead atoms. The van der Waals surface area contributed by atoms with E-state index in [1.165, 1.54) is 12.8 Å². The lowest BCUT2D eigenvalue weighted by Gasteiger charge is -2.29. The van der Waals surface area contributed by atoms with Gasteiger partial charge in [0.25, 0.3) is 0 Å². The number of amides is 2. The van der Waals surface area contributed by atoms with Crippen molar-refractivity contribution < 1.29 is 4.79 Å². The van der Waals surface area contributed by atoms with E-state index in [1.54, 1.807) is 0 Å². The molecular weight excluding hydrogens is 214 g/mol. The largest absolute Gasteiger partial charge is 0.325 e. The van der Waals surface area contributed by atoms with Gasteiger partial charge in [-0.3, -0.25) is 0 Å². The minimum atomic E-state index is -0.601. The Morgan fingerprint density at radius 1 is 1.06 bits per heavy atom. The van der Waals surface area contributed by atoms with Crippen LogP contribution in [0.5, 0.6) is 0 Å². The second kappa shape index (κ2) is 5.39. The number of carbonyl (C=O) groups excluding carboxylic acids is 1. The zero-order chi connectivity index (χ0) is 12.1. The molecule has 1 aliphatic carbocycles. The summed E-state index contributed by atoms with van der Waals surface area (Å²) in [5.74, 6) is 0. The van der Waals surface area contributed by atoms with Crippen LogP contribution in [0.3, 0.4) is 0 Å². The second-order valence-electron chi connectivity index (χ2n) is 5.23. The van der Waals surface area contributed by atoms with Crippen molar-refractivity contribution in [3.8, 4) is 6.07 Å². The normalized spacial score (nSPS) is 23.8. The van der Waals surface area contributed by atoms with Crippen LogP contribution in [0.2, 0.25) is 0 Å². The Morgan fingerprint density at radius 2 is 1.65 bits per heavy atom. The first-order valence-corrected chi connectivity index (χ1v) is 6.74. The summed E-state index contributed by atoms with van der Waals surface area (Å²) in [6.45, 7) is 1.68. The Morgan fingerprint density at radius 3 is 2.18 bits per heavy atom. The molecule has 0 aromatic rings. The fraction of sp³-hybridized carbons (Fsp3) is 0.846. The Labute approximate surface area is 103 Å². The molecule has 2 amide bonds. The highest BCUT2D eigenvalue weighted by atomic mass is 16.2.